The number of aromatic amines is 1. The monoisotopic (exact) mass is 522 g/mol. The third-order valence-corrected chi connectivity index (χ3v) is 7.76. The van der Waals surface area contributed by atoms with Gasteiger partial charge in [0.25, 0.3) is 0 Å². The standard InChI is InChI=1S/C32H34N4O3/c1-21-16-25(38-2)8-11-29(21)33-32(37)28-19-27(28)24-7-9-26-30(34-35-31(26)18-24)10-6-22-4-3-5-23(17-22)20-36-12-14-39-15-13-36/h3-11,16-18,27-28H,12-15,19-20H2,1-2H3,(H,33,37)(H,34,35)/b10-6+/t27-,28+/m0/s1. The van der Waals surface area contributed by atoms with Crippen molar-refractivity contribution in [2.24, 2.45) is 5.92 Å². The summed E-state index contributed by atoms with van der Waals surface area (Å²) in [7, 11) is 1.64. The van der Waals surface area contributed by atoms with Crippen molar-refractivity contribution in [2.75, 3.05) is 38.7 Å². The second kappa shape index (κ2) is 11.0. The number of carbonyl (C=O) groups excluding carboxylic acids is 1. The largest absolute Gasteiger partial charge is 0.497 e. The number of carbonyl (C=O) groups is 1. The van der Waals surface area contributed by atoms with Gasteiger partial charge in [0, 0.05) is 36.6 Å². The Morgan fingerprint density at radius 3 is 2.82 bits per heavy atom. The maximum atomic E-state index is 12.9. The summed E-state index contributed by atoms with van der Waals surface area (Å²) in [6.45, 7) is 6.50. The zero-order valence-corrected chi connectivity index (χ0v) is 22.4. The van der Waals surface area contributed by atoms with E-state index in [4.69, 9.17) is 9.47 Å². The number of benzene rings is 3. The van der Waals surface area contributed by atoms with E-state index >= 15 is 0 Å². The number of hydrogen-bond donors (Lipinski definition) is 2. The summed E-state index contributed by atoms with van der Waals surface area (Å²) < 4.78 is 10.7. The Balaban J connectivity index is 1.10. The molecule has 0 bridgehead atoms. The number of rotatable bonds is 8. The lowest BCUT2D eigenvalue weighted by atomic mass is 10.0. The molecule has 2 N–H and O–H groups in total. The molecule has 7 heteroatoms. The maximum absolute atomic E-state index is 12.9. The zero-order valence-electron chi connectivity index (χ0n) is 22.4. The van der Waals surface area contributed by atoms with Gasteiger partial charge in [-0.05, 0) is 71.9 Å². The molecule has 1 saturated heterocycles. The van der Waals surface area contributed by atoms with Gasteiger partial charge in [-0.1, -0.05) is 42.5 Å². The molecule has 0 unspecified atom stereocenters. The van der Waals surface area contributed by atoms with Gasteiger partial charge >= 0.3 is 0 Å². The molecule has 0 spiro atoms. The summed E-state index contributed by atoms with van der Waals surface area (Å²) in [4.78, 5) is 15.3. The highest BCUT2D eigenvalue weighted by Crippen LogP contribution is 2.48. The first-order chi connectivity index (χ1) is 19.1. The Morgan fingerprint density at radius 2 is 2.00 bits per heavy atom. The van der Waals surface area contributed by atoms with E-state index in [9.17, 15) is 4.79 Å². The van der Waals surface area contributed by atoms with Crippen molar-refractivity contribution in [3.8, 4) is 5.75 Å². The Hall–Kier alpha value is -3.94. The van der Waals surface area contributed by atoms with E-state index in [-0.39, 0.29) is 17.7 Å². The summed E-state index contributed by atoms with van der Waals surface area (Å²) in [5.74, 6) is 1.06. The van der Waals surface area contributed by atoms with Crippen molar-refractivity contribution < 1.29 is 14.3 Å². The summed E-state index contributed by atoms with van der Waals surface area (Å²) in [6.07, 6.45) is 5.04. The average molecular weight is 523 g/mol. The first kappa shape index (κ1) is 25.3. The van der Waals surface area contributed by atoms with Gasteiger partial charge in [-0.25, -0.2) is 0 Å². The number of hydrogen-bond acceptors (Lipinski definition) is 5. The average Bonchev–Trinajstić information content (AvgIpc) is 3.67. The topological polar surface area (TPSA) is 79.5 Å². The van der Waals surface area contributed by atoms with Crippen LogP contribution in [0, 0.1) is 12.8 Å². The number of aryl methyl sites for hydroxylation is 1. The molecule has 1 saturated carbocycles. The fraction of sp³-hybridized carbons (Fsp3) is 0.312. The number of ether oxygens (including phenoxy) is 2. The van der Waals surface area contributed by atoms with E-state index in [0.717, 1.165) is 78.4 Å². The Morgan fingerprint density at radius 1 is 1.13 bits per heavy atom. The van der Waals surface area contributed by atoms with E-state index < -0.39 is 0 Å². The van der Waals surface area contributed by atoms with E-state index in [1.165, 1.54) is 11.1 Å². The van der Waals surface area contributed by atoms with Crippen LogP contribution in [0.1, 0.15) is 40.3 Å². The smallest absolute Gasteiger partial charge is 0.228 e. The number of nitrogens with one attached hydrogen (secondary N) is 2. The Bertz CT molecular complexity index is 1520. The van der Waals surface area contributed by atoms with Crippen LogP contribution >= 0.6 is 0 Å². The van der Waals surface area contributed by atoms with Crippen molar-refractivity contribution in [3.05, 3.63) is 88.6 Å². The number of methoxy groups -OCH3 is 1. The normalized spacial score (nSPS) is 19.4. The van der Waals surface area contributed by atoms with Gasteiger partial charge in [0.15, 0.2) is 0 Å². The van der Waals surface area contributed by atoms with Gasteiger partial charge in [0.05, 0.1) is 31.5 Å². The molecule has 2 aliphatic rings. The third-order valence-electron chi connectivity index (χ3n) is 7.76. The van der Waals surface area contributed by atoms with Crippen LogP contribution in [0.15, 0.2) is 60.7 Å². The van der Waals surface area contributed by atoms with Gasteiger partial charge < -0.3 is 14.8 Å². The fourth-order valence-corrected chi connectivity index (χ4v) is 5.39. The quantitative estimate of drug-likeness (QED) is 0.314. The van der Waals surface area contributed by atoms with Crippen LogP contribution in [0.3, 0.4) is 0 Å². The first-order valence-electron chi connectivity index (χ1n) is 13.6. The van der Waals surface area contributed by atoms with Crippen LogP contribution in [-0.2, 0) is 16.1 Å². The Kier molecular flexibility index (Phi) is 7.18. The minimum absolute atomic E-state index is 0.0176. The first-order valence-corrected chi connectivity index (χ1v) is 13.6. The lowest BCUT2D eigenvalue weighted by Crippen LogP contribution is -2.35. The SMILES string of the molecule is COc1ccc(NC(=O)[C@@H]2C[C@H]2c2ccc3c(/C=C/c4cccc(CN5CCOCC5)c4)n[nH]c3c2)c(C)c1. The van der Waals surface area contributed by atoms with Gasteiger partial charge in [-0.15, -0.1) is 0 Å². The summed E-state index contributed by atoms with van der Waals surface area (Å²) in [5.41, 5.74) is 7.36. The summed E-state index contributed by atoms with van der Waals surface area (Å²) in [6, 6.07) is 20.7. The second-order valence-electron chi connectivity index (χ2n) is 10.5. The lowest BCUT2D eigenvalue weighted by molar-refractivity contribution is -0.117. The van der Waals surface area contributed by atoms with Crippen molar-refractivity contribution in [3.63, 3.8) is 0 Å². The summed E-state index contributed by atoms with van der Waals surface area (Å²) >= 11 is 0. The number of amides is 1. The zero-order chi connectivity index (χ0) is 26.8. The number of aromatic nitrogens is 2. The molecule has 3 aromatic carbocycles. The van der Waals surface area contributed by atoms with E-state index in [2.05, 4.69) is 75.0 Å². The summed E-state index contributed by atoms with van der Waals surface area (Å²) in [5, 5.41) is 11.9. The lowest BCUT2D eigenvalue weighted by Gasteiger charge is -2.26. The van der Waals surface area contributed by atoms with Crippen LogP contribution in [0.5, 0.6) is 5.75 Å². The van der Waals surface area contributed by atoms with Gasteiger partial charge in [0.2, 0.25) is 5.91 Å². The van der Waals surface area contributed by atoms with E-state index in [1.807, 2.05) is 25.1 Å². The van der Waals surface area contributed by atoms with Gasteiger partial charge in [-0.3, -0.25) is 14.8 Å². The molecular weight excluding hydrogens is 488 g/mol. The highest BCUT2D eigenvalue weighted by Gasteiger charge is 2.44. The maximum Gasteiger partial charge on any atom is 0.228 e. The van der Waals surface area contributed by atoms with Crippen molar-refractivity contribution in [1.29, 1.82) is 0 Å². The molecule has 4 aromatic rings. The van der Waals surface area contributed by atoms with Crippen LogP contribution in [-0.4, -0.2) is 54.4 Å². The molecule has 1 aliphatic carbocycles. The number of nitrogens with zero attached hydrogens (tertiary/aromatic N) is 2. The molecule has 200 valence electrons. The van der Waals surface area contributed by atoms with Gasteiger partial charge in [0.1, 0.15) is 5.75 Å². The van der Waals surface area contributed by atoms with E-state index in [0.29, 0.717) is 0 Å². The number of fused-ring (bicyclic) bond motifs is 1. The Labute approximate surface area is 228 Å². The highest BCUT2D eigenvalue weighted by molar-refractivity contribution is 5.96. The molecule has 1 aliphatic heterocycles. The molecule has 39 heavy (non-hydrogen) atoms. The molecule has 2 fully saturated rings. The highest BCUT2D eigenvalue weighted by atomic mass is 16.5. The number of H-pyrrole nitrogens is 1. The van der Waals surface area contributed by atoms with E-state index in [1.54, 1.807) is 7.11 Å². The minimum atomic E-state index is -0.0176. The molecule has 6 rings (SSSR count). The molecule has 2 heterocycles. The molecule has 1 aromatic heterocycles. The van der Waals surface area contributed by atoms with Gasteiger partial charge in [-0.2, -0.15) is 5.10 Å². The van der Waals surface area contributed by atoms with Crippen molar-refractivity contribution in [2.45, 2.75) is 25.8 Å². The molecule has 0 radical (unpaired) electrons. The molecule has 7 nitrogen and oxygen atoms in total. The number of anilines is 1. The van der Waals surface area contributed by atoms with Crippen molar-refractivity contribution in [1.82, 2.24) is 15.1 Å². The molecule has 1 amide bonds. The predicted octanol–water partition coefficient (Wildman–Crippen LogP) is 5.62. The molecular formula is C32H34N4O3. The third kappa shape index (κ3) is 5.75. The van der Waals surface area contributed by atoms with Crippen LogP contribution in [0.2, 0.25) is 0 Å². The van der Waals surface area contributed by atoms with Crippen LogP contribution in [0.25, 0.3) is 23.1 Å². The van der Waals surface area contributed by atoms with Crippen molar-refractivity contribution >= 4 is 34.6 Å². The van der Waals surface area contributed by atoms with Crippen LogP contribution < -0.4 is 10.1 Å². The van der Waals surface area contributed by atoms with Crippen LogP contribution in [0.4, 0.5) is 5.69 Å². The molecule has 2 atom stereocenters. The minimum Gasteiger partial charge on any atom is -0.497 e. The predicted molar refractivity (Wildman–Crippen MR) is 155 cm³/mol. The fourth-order valence-electron chi connectivity index (χ4n) is 5.39. The second-order valence-corrected chi connectivity index (χ2v) is 10.5. The number of morpholine rings is 1.